The molecule has 3 fully saturated rings. The van der Waals surface area contributed by atoms with Gasteiger partial charge in [-0.05, 0) is 42.2 Å². The summed E-state index contributed by atoms with van der Waals surface area (Å²) in [5.41, 5.74) is 3.14. The van der Waals surface area contributed by atoms with E-state index in [0.29, 0.717) is 17.6 Å². The van der Waals surface area contributed by atoms with Crippen molar-refractivity contribution in [3.63, 3.8) is 0 Å². The maximum atomic E-state index is 6.67. The van der Waals surface area contributed by atoms with Gasteiger partial charge in [0.15, 0.2) is 0 Å². The molecule has 0 amide bonds. The number of hydrogen-bond donors (Lipinski definition) is 0. The summed E-state index contributed by atoms with van der Waals surface area (Å²) in [5, 5.41) is 2.71. The fourth-order valence-corrected chi connectivity index (χ4v) is 7.90. The highest BCUT2D eigenvalue weighted by atomic mass is 16.5. The lowest BCUT2D eigenvalue weighted by Crippen LogP contribution is -2.57. The number of rotatable bonds is 5. The number of quaternary nitrogens is 1. The first-order valence-electron chi connectivity index (χ1n) is 12.1. The van der Waals surface area contributed by atoms with Crippen LogP contribution in [0.5, 0.6) is 0 Å². The Kier molecular flexibility index (Phi) is 4.52. The predicted octanol–water partition coefficient (Wildman–Crippen LogP) is 6.19. The smallest absolute Gasteiger partial charge is 0.116 e. The number of nitrogens with zero attached hydrogens (tertiary/aromatic N) is 1. The molecule has 2 aliphatic heterocycles. The molecule has 6 rings (SSSR count). The number of hydrogen-bond acceptors (Lipinski definition) is 1. The van der Waals surface area contributed by atoms with Crippen molar-refractivity contribution in [1.82, 2.24) is 0 Å². The second kappa shape index (κ2) is 7.18. The highest BCUT2D eigenvalue weighted by Gasteiger charge is 2.73. The van der Waals surface area contributed by atoms with E-state index >= 15 is 0 Å². The minimum atomic E-state index is 0.354. The van der Waals surface area contributed by atoms with E-state index in [0.717, 1.165) is 25.0 Å². The minimum Gasteiger partial charge on any atom is -0.367 e. The van der Waals surface area contributed by atoms with Crippen molar-refractivity contribution < 1.29 is 9.22 Å². The van der Waals surface area contributed by atoms with Crippen molar-refractivity contribution in [3.8, 4) is 0 Å². The summed E-state index contributed by atoms with van der Waals surface area (Å²) in [4.78, 5) is 0. The van der Waals surface area contributed by atoms with Crippen LogP contribution in [0.25, 0.3) is 10.8 Å². The Morgan fingerprint density at radius 3 is 2.42 bits per heavy atom. The van der Waals surface area contributed by atoms with Gasteiger partial charge in [-0.15, -0.1) is 0 Å². The first kappa shape index (κ1) is 19.5. The van der Waals surface area contributed by atoms with E-state index in [1.165, 1.54) is 52.3 Å². The van der Waals surface area contributed by atoms with Gasteiger partial charge in [-0.2, -0.15) is 0 Å². The van der Waals surface area contributed by atoms with E-state index < -0.39 is 0 Å². The van der Waals surface area contributed by atoms with Crippen LogP contribution in [0.15, 0.2) is 72.8 Å². The molecule has 0 bridgehead atoms. The van der Waals surface area contributed by atoms with E-state index in [4.69, 9.17) is 4.74 Å². The summed E-state index contributed by atoms with van der Waals surface area (Å²) < 4.78 is 7.90. The van der Waals surface area contributed by atoms with Crippen molar-refractivity contribution >= 4 is 10.8 Å². The summed E-state index contributed by atoms with van der Waals surface area (Å²) in [6.07, 6.45) is 3.09. The lowest BCUT2D eigenvalue weighted by atomic mass is 9.80. The zero-order valence-corrected chi connectivity index (χ0v) is 18.8. The van der Waals surface area contributed by atoms with Crippen LogP contribution >= 0.6 is 0 Å². The van der Waals surface area contributed by atoms with Crippen molar-refractivity contribution in [3.05, 3.63) is 83.9 Å². The van der Waals surface area contributed by atoms with E-state index in [9.17, 15) is 0 Å². The van der Waals surface area contributed by atoms with Gasteiger partial charge in [-0.1, -0.05) is 73.7 Å². The lowest BCUT2D eigenvalue weighted by molar-refractivity contribution is -0.967. The molecular weight excluding hydrogens is 378 g/mol. The zero-order chi connectivity index (χ0) is 21.1. The van der Waals surface area contributed by atoms with Crippen LogP contribution in [0, 0.1) is 17.8 Å². The van der Waals surface area contributed by atoms with Crippen LogP contribution in [-0.2, 0) is 17.9 Å². The van der Waals surface area contributed by atoms with Gasteiger partial charge < -0.3 is 9.22 Å². The van der Waals surface area contributed by atoms with Gasteiger partial charge in [-0.25, -0.2) is 0 Å². The van der Waals surface area contributed by atoms with Crippen LogP contribution in [0.1, 0.15) is 37.8 Å². The van der Waals surface area contributed by atoms with E-state index in [1.807, 2.05) is 0 Å². The monoisotopic (exact) mass is 412 g/mol. The van der Waals surface area contributed by atoms with Gasteiger partial charge >= 0.3 is 0 Å². The van der Waals surface area contributed by atoms with Crippen molar-refractivity contribution in [1.29, 1.82) is 0 Å². The molecule has 0 unspecified atom stereocenters. The van der Waals surface area contributed by atoms with Crippen LogP contribution in [0.4, 0.5) is 0 Å². The Balaban J connectivity index is 1.32. The van der Waals surface area contributed by atoms with Crippen LogP contribution in [-0.4, -0.2) is 29.2 Å². The predicted molar refractivity (Wildman–Crippen MR) is 126 cm³/mol. The molecule has 1 saturated carbocycles. The Morgan fingerprint density at radius 2 is 1.58 bits per heavy atom. The quantitative estimate of drug-likeness (QED) is 0.454. The second-order valence-corrected chi connectivity index (χ2v) is 10.7. The number of fused-ring (bicyclic) bond motifs is 1. The molecule has 0 aromatic heterocycles. The van der Waals surface area contributed by atoms with Crippen molar-refractivity contribution in [2.24, 2.45) is 17.8 Å². The van der Waals surface area contributed by atoms with E-state index in [-0.39, 0.29) is 0 Å². The van der Waals surface area contributed by atoms with Gasteiger partial charge in [0.2, 0.25) is 0 Å². The Hall–Kier alpha value is -2.16. The highest BCUT2D eigenvalue weighted by Crippen LogP contribution is 2.62. The van der Waals surface area contributed by atoms with Crippen LogP contribution in [0.2, 0.25) is 0 Å². The first-order valence-corrected chi connectivity index (χ1v) is 12.1. The van der Waals surface area contributed by atoms with E-state index in [2.05, 4.69) is 86.6 Å². The van der Waals surface area contributed by atoms with Gasteiger partial charge in [0, 0.05) is 23.3 Å². The third-order valence-electron chi connectivity index (χ3n) is 9.22. The topological polar surface area (TPSA) is 9.23 Å². The van der Waals surface area contributed by atoms with Crippen LogP contribution in [0.3, 0.4) is 0 Å². The molecule has 160 valence electrons. The molecule has 2 heterocycles. The third-order valence-corrected chi connectivity index (χ3v) is 9.22. The largest absolute Gasteiger partial charge is 0.367 e. The molecule has 3 aromatic carbocycles. The molecule has 0 N–H and O–H groups in total. The standard InChI is InChI=1S/C29H34NO/c1-21-17-30(18-23-12-13-24-10-6-7-11-25(24)16-23)19-28(27-15-14-26(21)29(27,30)2)31-20-22-8-4-3-5-9-22/h3-13,16,21,26-28H,14-15,17-20H2,1-2H3/q+1/t21-,26+,27-,28-,29-,30-/m1/s1. The number of ether oxygens (including phenoxy) is 1. The normalized spacial score (nSPS) is 36.2. The van der Waals surface area contributed by atoms with Gasteiger partial charge in [0.1, 0.15) is 24.7 Å². The Labute approximate surface area is 186 Å². The zero-order valence-electron chi connectivity index (χ0n) is 18.8. The van der Waals surface area contributed by atoms with E-state index in [1.54, 1.807) is 0 Å². The minimum absolute atomic E-state index is 0.354. The summed E-state index contributed by atoms with van der Waals surface area (Å²) in [6.45, 7) is 9.48. The Morgan fingerprint density at radius 1 is 0.839 bits per heavy atom. The molecule has 3 aromatic rings. The summed E-state index contributed by atoms with van der Waals surface area (Å²) in [6, 6.07) is 26.6. The summed E-state index contributed by atoms with van der Waals surface area (Å²) in [7, 11) is 0. The molecule has 31 heavy (non-hydrogen) atoms. The SMILES string of the molecule is C[C@@H]1C[N@@+]2(Cc3ccc4ccccc4c3)C[C@@H](OCc3ccccc3)[C@H]3CC[C@@H]1[C@]32C. The highest BCUT2D eigenvalue weighted by molar-refractivity contribution is 5.82. The molecule has 2 heteroatoms. The first-order chi connectivity index (χ1) is 15.1. The molecule has 6 atom stereocenters. The number of benzene rings is 3. The average Bonchev–Trinajstić information content (AvgIpc) is 3.33. The van der Waals surface area contributed by atoms with Gasteiger partial charge in [0.05, 0.1) is 13.2 Å². The lowest BCUT2D eigenvalue weighted by Gasteiger charge is -2.43. The molecule has 1 aliphatic carbocycles. The molecule has 3 aliphatic rings. The maximum absolute atomic E-state index is 6.67. The summed E-state index contributed by atoms with van der Waals surface area (Å²) >= 11 is 0. The molecular formula is C29H34NO+. The Bertz CT molecular complexity index is 1090. The molecule has 2 saturated heterocycles. The fourth-order valence-electron chi connectivity index (χ4n) is 7.90. The molecule has 0 spiro atoms. The van der Waals surface area contributed by atoms with Crippen molar-refractivity contribution in [2.75, 3.05) is 13.1 Å². The van der Waals surface area contributed by atoms with Crippen LogP contribution < -0.4 is 0 Å². The third kappa shape index (κ3) is 2.92. The average molecular weight is 413 g/mol. The van der Waals surface area contributed by atoms with Gasteiger partial charge in [-0.3, -0.25) is 0 Å². The van der Waals surface area contributed by atoms with Gasteiger partial charge in [0.25, 0.3) is 0 Å². The maximum Gasteiger partial charge on any atom is 0.116 e. The second-order valence-electron chi connectivity index (χ2n) is 10.7. The fraction of sp³-hybridized carbons (Fsp3) is 0.448. The molecule has 2 nitrogen and oxygen atoms in total. The molecule has 0 radical (unpaired) electrons. The van der Waals surface area contributed by atoms with Crippen molar-refractivity contribution in [2.45, 2.75) is 51.5 Å². The summed E-state index contributed by atoms with van der Waals surface area (Å²) in [5.74, 6) is 2.33.